The summed E-state index contributed by atoms with van der Waals surface area (Å²) in [6.45, 7) is 0. The maximum atomic E-state index is 11.7. The van der Waals surface area contributed by atoms with Crippen molar-refractivity contribution in [2.75, 3.05) is 0 Å². The van der Waals surface area contributed by atoms with E-state index in [1.165, 1.54) is 41.5 Å². The van der Waals surface area contributed by atoms with Gasteiger partial charge in [-0.05, 0) is 71.2 Å². The predicted octanol–water partition coefficient (Wildman–Crippen LogP) is 11.5. The molecular weight excluding hydrogens is 848 g/mol. The Morgan fingerprint density at radius 1 is 0.371 bits per heavy atom. The van der Waals surface area contributed by atoms with E-state index in [-0.39, 0.29) is 89.2 Å². The molecule has 6 heterocycles. The van der Waals surface area contributed by atoms with Crippen LogP contribution in [0.2, 0.25) is 0 Å². The van der Waals surface area contributed by atoms with Gasteiger partial charge in [0.1, 0.15) is 0 Å². The highest BCUT2D eigenvalue weighted by Gasteiger charge is 2.18. The first-order chi connectivity index (χ1) is 30.1. The van der Waals surface area contributed by atoms with Crippen LogP contribution in [0.15, 0.2) is 182 Å². The average Bonchev–Trinajstić information content (AvgIpc) is 4.15. The lowest BCUT2D eigenvalue weighted by atomic mass is 10.1. The summed E-state index contributed by atoms with van der Waals surface area (Å²) in [5, 5.41) is 4.36. The number of carbonyl (C=O) groups is 8. The number of ketones is 8. The van der Waals surface area contributed by atoms with Crippen molar-refractivity contribution in [1.29, 1.82) is 0 Å². The summed E-state index contributed by atoms with van der Waals surface area (Å²) in [5.74, 6) is 1.10. The molecule has 11 nitrogen and oxygen atoms in total. The lowest BCUT2D eigenvalue weighted by Crippen LogP contribution is -2.07. The summed E-state index contributed by atoms with van der Waals surface area (Å²) >= 11 is 2.70. The highest BCUT2D eigenvalue weighted by Crippen LogP contribution is 2.19. The van der Waals surface area contributed by atoms with Gasteiger partial charge in [-0.3, -0.25) is 38.4 Å². The molecule has 6 aromatic heterocycles. The minimum Gasteiger partial charge on any atom is -0.461 e. The second-order valence-corrected chi connectivity index (χ2v) is 15.9. The normalized spacial score (nSPS) is 10.2. The van der Waals surface area contributed by atoms with Crippen LogP contribution in [0.5, 0.6) is 0 Å². The zero-order chi connectivity index (χ0) is 44.1. The second kappa shape index (κ2) is 24.2. The summed E-state index contributed by atoms with van der Waals surface area (Å²) in [6.07, 6.45) is 3.82. The highest BCUT2D eigenvalue weighted by molar-refractivity contribution is 7.31. The van der Waals surface area contributed by atoms with Crippen molar-refractivity contribution in [3.8, 4) is 0 Å². The number of carbonyl (C=O) groups excluding carboxylic acids is 8. The molecule has 8 aromatic rings. The Hall–Kier alpha value is -7.18. The number of Topliss-reactive ketones (excluding diaryl/α,β-unsaturated/α-hetero) is 8. The van der Waals surface area contributed by atoms with Crippen LogP contribution in [-0.4, -0.2) is 46.3 Å². The lowest BCUT2D eigenvalue weighted by molar-refractivity contribution is 0.0863. The molecule has 14 heteroatoms. The van der Waals surface area contributed by atoms with E-state index in [4.69, 9.17) is 13.3 Å². The molecule has 0 N–H and O–H groups in total. The Balaban J connectivity index is 0.000000156. The zero-order valence-corrected chi connectivity index (χ0v) is 35.4. The lowest BCUT2D eigenvalue weighted by Gasteiger charge is -1.98. The van der Waals surface area contributed by atoms with Gasteiger partial charge >= 0.3 is 0 Å². The van der Waals surface area contributed by atoms with Gasteiger partial charge in [-0.2, -0.15) is 0 Å². The molecule has 0 aliphatic rings. The number of rotatable bonds is 16. The number of benzene rings is 2. The van der Waals surface area contributed by atoms with Crippen molar-refractivity contribution in [2.24, 2.45) is 0 Å². The van der Waals surface area contributed by atoms with Gasteiger partial charge in [0.2, 0.25) is 17.3 Å². The third kappa shape index (κ3) is 14.5. The molecule has 0 saturated carbocycles. The largest absolute Gasteiger partial charge is 0.461 e. The van der Waals surface area contributed by atoms with Crippen LogP contribution in [0.4, 0.5) is 0 Å². The Morgan fingerprint density at radius 2 is 0.758 bits per heavy atom. The minimum absolute atomic E-state index is 0.0511. The molecule has 8 rings (SSSR count). The van der Waals surface area contributed by atoms with Crippen LogP contribution in [0.25, 0.3) is 0 Å². The van der Waals surface area contributed by atoms with Crippen LogP contribution >= 0.6 is 30.9 Å². The van der Waals surface area contributed by atoms with E-state index in [2.05, 4.69) is 0 Å². The Bertz CT molecular complexity index is 2350. The maximum Gasteiger partial charge on any atom is 0.205 e. The van der Waals surface area contributed by atoms with E-state index in [0.29, 0.717) is 29.1 Å². The Kier molecular flexibility index (Phi) is 17.9. The first-order valence-corrected chi connectivity index (χ1v) is 21.6. The van der Waals surface area contributed by atoms with Crippen LogP contribution in [0.3, 0.4) is 0 Å². The van der Waals surface area contributed by atoms with Gasteiger partial charge in [0.25, 0.3) is 0 Å². The van der Waals surface area contributed by atoms with Gasteiger partial charge in [-0.25, -0.2) is 0 Å². The summed E-state index contributed by atoms with van der Waals surface area (Å²) in [4.78, 5) is 94.1. The van der Waals surface area contributed by atoms with E-state index in [9.17, 15) is 38.4 Å². The van der Waals surface area contributed by atoms with Crippen LogP contribution < -0.4 is 0 Å². The van der Waals surface area contributed by atoms with E-state index >= 15 is 0 Å². The molecular formula is C48H37O11PS2. The van der Waals surface area contributed by atoms with E-state index in [1.54, 1.807) is 109 Å². The third-order valence-electron chi connectivity index (χ3n) is 8.35. The van der Waals surface area contributed by atoms with Crippen LogP contribution in [-0.2, 0) is 0 Å². The highest BCUT2D eigenvalue weighted by atomic mass is 32.1. The number of furan rings is 3. The first kappa shape index (κ1) is 45.9. The third-order valence-corrected chi connectivity index (χ3v) is 11.3. The zero-order valence-electron chi connectivity index (χ0n) is 32.8. The Labute approximate surface area is 365 Å². The smallest absolute Gasteiger partial charge is 0.205 e. The van der Waals surface area contributed by atoms with E-state index < -0.39 is 0 Å². The fourth-order valence-corrected chi connectivity index (χ4v) is 7.40. The molecule has 0 bridgehead atoms. The Morgan fingerprint density at radius 3 is 1.10 bits per heavy atom. The summed E-state index contributed by atoms with van der Waals surface area (Å²) in [6, 6.07) is 37.9. The monoisotopic (exact) mass is 884 g/mol. The molecule has 0 amide bonds. The number of hydrogen-bond donors (Lipinski definition) is 0. The quantitative estimate of drug-likeness (QED) is 0.0666. The molecule has 0 saturated heterocycles. The van der Waals surface area contributed by atoms with Crippen molar-refractivity contribution < 1.29 is 51.6 Å². The van der Waals surface area contributed by atoms with E-state index in [0.717, 1.165) is 5.30 Å². The maximum absolute atomic E-state index is 11.7. The SMILES string of the molecule is O=C(CC(=O)c1ccc[pH]1)c1ccco1.O=C(CC(=O)c1ccco1)c1ccccc1.O=C(CC(=O)c1cccs1)c1ccccc1.O=C(CC(=O)c1cccs1)c1ccco1. The molecule has 0 aliphatic heterocycles. The van der Waals surface area contributed by atoms with Crippen LogP contribution in [0.1, 0.15) is 107 Å². The number of thiophene rings is 2. The topological polar surface area (TPSA) is 176 Å². The van der Waals surface area contributed by atoms with Gasteiger partial charge in [0.15, 0.2) is 46.2 Å². The van der Waals surface area contributed by atoms with Gasteiger partial charge in [0.05, 0.1) is 54.2 Å². The fourth-order valence-electron chi connectivity index (χ4n) is 5.26. The van der Waals surface area contributed by atoms with Gasteiger partial charge in [-0.1, -0.05) is 78.9 Å². The van der Waals surface area contributed by atoms with Crippen molar-refractivity contribution in [3.05, 3.63) is 212 Å². The van der Waals surface area contributed by atoms with Crippen molar-refractivity contribution in [3.63, 3.8) is 0 Å². The number of hydrogen-bond acceptors (Lipinski definition) is 13. The summed E-state index contributed by atoms with van der Waals surface area (Å²) in [7, 11) is 0.393. The summed E-state index contributed by atoms with van der Waals surface area (Å²) in [5.41, 5.74) is 1.13. The molecule has 1 atom stereocenters. The van der Waals surface area contributed by atoms with Gasteiger partial charge in [0, 0.05) is 16.4 Å². The van der Waals surface area contributed by atoms with Gasteiger partial charge in [-0.15, -0.1) is 30.9 Å². The first-order valence-electron chi connectivity index (χ1n) is 18.8. The standard InChI is InChI=1S/C13H10O3.C13H10O2S.C11H9O3P.C11H8O3S/c2*14-11(10-5-2-1-3-6-10)9-12(15)13-7-4-8-16-13;2*12-8(10-3-1-5-14-10)7-9(13)11-4-2-6-15-11/h2*1-8H,9H2;1-6,15H,7H2;1-6H,7H2. The molecule has 312 valence electrons. The fraction of sp³-hybridized carbons (Fsp3) is 0.0833. The molecule has 1 unspecified atom stereocenters. The second-order valence-electron chi connectivity index (χ2n) is 12.8. The minimum atomic E-state index is -0.293. The van der Waals surface area contributed by atoms with Crippen molar-refractivity contribution >= 4 is 77.1 Å². The van der Waals surface area contributed by atoms with Gasteiger partial charge < -0.3 is 13.3 Å². The molecule has 0 radical (unpaired) electrons. The predicted molar refractivity (Wildman–Crippen MR) is 237 cm³/mol. The van der Waals surface area contributed by atoms with Crippen molar-refractivity contribution in [1.82, 2.24) is 0 Å². The molecule has 0 aliphatic carbocycles. The molecule has 0 fully saturated rings. The van der Waals surface area contributed by atoms with Crippen LogP contribution in [0, 0.1) is 0 Å². The molecule has 2 aromatic carbocycles. The molecule has 62 heavy (non-hydrogen) atoms. The van der Waals surface area contributed by atoms with Crippen molar-refractivity contribution in [2.45, 2.75) is 25.7 Å². The van der Waals surface area contributed by atoms with E-state index in [1.807, 2.05) is 40.8 Å². The molecule has 0 spiro atoms. The summed E-state index contributed by atoms with van der Waals surface area (Å²) < 4.78 is 14.8. The average molecular weight is 885 g/mol.